The SMILES string of the molecule is CC(C)Sc1ncccc1N. The van der Waals surface area contributed by atoms with Gasteiger partial charge in [-0.05, 0) is 12.1 Å². The number of hydrogen-bond donors (Lipinski definition) is 1. The van der Waals surface area contributed by atoms with E-state index in [4.69, 9.17) is 5.73 Å². The van der Waals surface area contributed by atoms with Crippen molar-refractivity contribution in [3.05, 3.63) is 18.3 Å². The Hall–Kier alpha value is -0.700. The molecule has 0 saturated heterocycles. The monoisotopic (exact) mass is 168 g/mol. The normalized spacial score (nSPS) is 10.5. The largest absolute Gasteiger partial charge is 0.397 e. The van der Waals surface area contributed by atoms with Crippen LogP contribution in [0.3, 0.4) is 0 Å². The van der Waals surface area contributed by atoms with Gasteiger partial charge in [-0.2, -0.15) is 0 Å². The molecule has 1 rings (SSSR count). The van der Waals surface area contributed by atoms with Crippen LogP contribution in [0.5, 0.6) is 0 Å². The second-order valence-corrected chi connectivity index (χ2v) is 4.13. The van der Waals surface area contributed by atoms with E-state index in [-0.39, 0.29) is 0 Å². The average molecular weight is 168 g/mol. The van der Waals surface area contributed by atoms with E-state index in [0.717, 1.165) is 10.7 Å². The zero-order valence-electron chi connectivity index (χ0n) is 6.74. The summed E-state index contributed by atoms with van der Waals surface area (Å²) < 4.78 is 0. The minimum atomic E-state index is 0.534. The van der Waals surface area contributed by atoms with Crippen LogP contribution in [0.15, 0.2) is 23.4 Å². The van der Waals surface area contributed by atoms with Crippen LogP contribution in [0, 0.1) is 0 Å². The molecule has 1 heterocycles. The summed E-state index contributed by atoms with van der Waals surface area (Å²) in [5.41, 5.74) is 6.46. The number of hydrogen-bond acceptors (Lipinski definition) is 3. The lowest BCUT2D eigenvalue weighted by Crippen LogP contribution is -1.94. The Morgan fingerprint density at radius 2 is 2.27 bits per heavy atom. The number of rotatable bonds is 2. The first-order valence-electron chi connectivity index (χ1n) is 3.57. The Morgan fingerprint density at radius 3 is 2.82 bits per heavy atom. The van der Waals surface area contributed by atoms with Gasteiger partial charge in [0.15, 0.2) is 0 Å². The van der Waals surface area contributed by atoms with Crippen molar-refractivity contribution in [2.24, 2.45) is 0 Å². The fourth-order valence-corrected chi connectivity index (χ4v) is 1.50. The first kappa shape index (κ1) is 8.40. The van der Waals surface area contributed by atoms with Gasteiger partial charge >= 0.3 is 0 Å². The molecule has 60 valence electrons. The van der Waals surface area contributed by atoms with Gasteiger partial charge in [0.25, 0.3) is 0 Å². The van der Waals surface area contributed by atoms with Gasteiger partial charge in [0.2, 0.25) is 0 Å². The summed E-state index contributed by atoms with van der Waals surface area (Å²) in [5.74, 6) is 0. The average Bonchev–Trinajstić information content (AvgIpc) is 1.93. The summed E-state index contributed by atoms with van der Waals surface area (Å²) in [6.07, 6.45) is 1.76. The van der Waals surface area contributed by atoms with Crippen LogP contribution >= 0.6 is 11.8 Å². The second kappa shape index (κ2) is 3.62. The molecule has 0 radical (unpaired) electrons. The van der Waals surface area contributed by atoms with Crippen LogP contribution < -0.4 is 5.73 Å². The molecule has 11 heavy (non-hydrogen) atoms. The van der Waals surface area contributed by atoms with Gasteiger partial charge in [-0.1, -0.05) is 13.8 Å². The van der Waals surface area contributed by atoms with Crippen molar-refractivity contribution < 1.29 is 0 Å². The van der Waals surface area contributed by atoms with Crippen LogP contribution in [-0.4, -0.2) is 10.2 Å². The molecule has 0 aromatic carbocycles. The van der Waals surface area contributed by atoms with Crippen LogP contribution in [-0.2, 0) is 0 Å². The molecule has 1 aromatic heterocycles. The smallest absolute Gasteiger partial charge is 0.119 e. The third-order valence-corrected chi connectivity index (χ3v) is 2.18. The van der Waals surface area contributed by atoms with Gasteiger partial charge in [-0.25, -0.2) is 4.98 Å². The van der Waals surface area contributed by atoms with E-state index in [9.17, 15) is 0 Å². The molecule has 0 aliphatic carbocycles. The first-order valence-corrected chi connectivity index (χ1v) is 4.45. The van der Waals surface area contributed by atoms with Crippen LogP contribution in [0.4, 0.5) is 5.69 Å². The van der Waals surface area contributed by atoms with E-state index in [1.807, 2.05) is 12.1 Å². The highest BCUT2D eigenvalue weighted by Gasteiger charge is 2.01. The van der Waals surface area contributed by atoms with E-state index in [2.05, 4.69) is 18.8 Å². The fraction of sp³-hybridized carbons (Fsp3) is 0.375. The summed E-state index contributed by atoms with van der Waals surface area (Å²) in [4.78, 5) is 4.16. The first-order chi connectivity index (χ1) is 5.20. The van der Waals surface area contributed by atoms with Gasteiger partial charge in [0.05, 0.1) is 5.69 Å². The van der Waals surface area contributed by atoms with Crippen LogP contribution in [0.2, 0.25) is 0 Å². The third kappa shape index (κ3) is 2.42. The Labute approximate surface area is 71.2 Å². The predicted molar refractivity (Wildman–Crippen MR) is 49.6 cm³/mol. The maximum atomic E-state index is 5.69. The number of pyridine rings is 1. The van der Waals surface area contributed by atoms with Crippen molar-refractivity contribution >= 4 is 17.4 Å². The fourth-order valence-electron chi connectivity index (χ4n) is 0.725. The number of nitrogens with zero attached hydrogens (tertiary/aromatic N) is 1. The minimum Gasteiger partial charge on any atom is -0.397 e. The van der Waals surface area contributed by atoms with Crippen LogP contribution in [0.1, 0.15) is 13.8 Å². The summed E-state index contributed by atoms with van der Waals surface area (Å²) in [5, 5.41) is 1.47. The van der Waals surface area contributed by atoms with E-state index in [0.29, 0.717) is 5.25 Å². The highest BCUT2D eigenvalue weighted by atomic mass is 32.2. The molecule has 0 aliphatic heterocycles. The Bertz CT molecular complexity index is 235. The van der Waals surface area contributed by atoms with Gasteiger partial charge in [0.1, 0.15) is 5.03 Å². The van der Waals surface area contributed by atoms with Gasteiger partial charge in [0, 0.05) is 11.4 Å². The lowest BCUT2D eigenvalue weighted by molar-refractivity contribution is 1.08. The molecule has 2 nitrogen and oxygen atoms in total. The summed E-state index contributed by atoms with van der Waals surface area (Å²) in [6.45, 7) is 4.25. The molecule has 0 atom stereocenters. The number of aromatic nitrogens is 1. The zero-order valence-corrected chi connectivity index (χ0v) is 7.56. The molecule has 0 amide bonds. The molecular formula is C8H12N2S. The molecule has 0 spiro atoms. The number of nitrogens with two attached hydrogens (primary N) is 1. The van der Waals surface area contributed by atoms with E-state index < -0.39 is 0 Å². The van der Waals surface area contributed by atoms with E-state index in [1.165, 1.54) is 0 Å². The summed E-state index contributed by atoms with van der Waals surface area (Å²) in [7, 11) is 0. The van der Waals surface area contributed by atoms with E-state index >= 15 is 0 Å². The van der Waals surface area contributed by atoms with Gasteiger partial charge in [-0.3, -0.25) is 0 Å². The quantitative estimate of drug-likeness (QED) is 0.688. The van der Waals surface area contributed by atoms with Crippen molar-refractivity contribution in [1.82, 2.24) is 4.98 Å². The molecule has 1 aromatic rings. The Kier molecular flexibility index (Phi) is 2.76. The molecule has 3 heteroatoms. The van der Waals surface area contributed by atoms with Crippen molar-refractivity contribution in [1.29, 1.82) is 0 Å². The molecule has 0 aliphatic rings. The lowest BCUT2D eigenvalue weighted by Gasteiger charge is -2.05. The molecule has 2 N–H and O–H groups in total. The Balaban J connectivity index is 2.78. The van der Waals surface area contributed by atoms with Crippen molar-refractivity contribution in [2.45, 2.75) is 24.1 Å². The highest BCUT2D eigenvalue weighted by Crippen LogP contribution is 2.25. The van der Waals surface area contributed by atoms with Crippen LogP contribution in [0.25, 0.3) is 0 Å². The maximum absolute atomic E-state index is 5.69. The molecule has 0 fully saturated rings. The molecular weight excluding hydrogens is 156 g/mol. The third-order valence-electron chi connectivity index (χ3n) is 1.15. The van der Waals surface area contributed by atoms with Crippen molar-refractivity contribution in [3.8, 4) is 0 Å². The lowest BCUT2D eigenvalue weighted by atomic mass is 10.4. The van der Waals surface area contributed by atoms with Gasteiger partial charge in [-0.15, -0.1) is 11.8 Å². The number of anilines is 1. The standard InChI is InChI=1S/C8H12N2S/c1-6(2)11-8-7(9)4-3-5-10-8/h3-6H,9H2,1-2H3. The van der Waals surface area contributed by atoms with Crippen molar-refractivity contribution in [2.75, 3.05) is 5.73 Å². The summed E-state index contributed by atoms with van der Waals surface area (Å²) >= 11 is 1.69. The van der Waals surface area contributed by atoms with Crippen molar-refractivity contribution in [3.63, 3.8) is 0 Å². The Morgan fingerprint density at radius 1 is 1.55 bits per heavy atom. The molecule has 0 saturated carbocycles. The maximum Gasteiger partial charge on any atom is 0.119 e. The highest BCUT2D eigenvalue weighted by molar-refractivity contribution is 7.99. The summed E-state index contributed by atoms with van der Waals surface area (Å²) in [6, 6.07) is 3.72. The second-order valence-electron chi connectivity index (χ2n) is 2.56. The number of thioether (sulfide) groups is 1. The van der Waals surface area contributed by atoms with Gasteiger partial charge < -0.3 is 5.73 Å². The zero-order chi connectivity index (χ0) is 8.27. The van der Waals surface area contributed by atoms with E-state index in [1.54, 1.807) is 18.0 Å². The number of nitrogen functional groups attached to an aromatic ring is 1. The minimum absolute atomic E-state index is 0.534. The topological polar surface area (TPSA) is 38.9 Å². The molecule has 0 unspecified atom stereocenters. The molecule has 0 bridgehead atoms. The predicted octanol–water partition coefficient (Wildman–Crippen LogP) is 2.16.